The molecule has 0 aromatic carbocycles. The summed E-state index contributed by atoms with van der Waals surface area (Å²) in [6, 6.07) is 1.12. The van der Waals surface area contributed by atoms with Crippen LogP contribution in [0.3, 0.4) is 0 Å². The second-order valence-electron chi connectivity index (χ2n) is 5.01. The zero-order valence-electron chi connectivity index (χ0n) is 12.0. The minimum Gasteiger partial charge on any atom is -0.390 e. The molecule has 0 aliphatic carbocycles. The van der Waals surface area contributed by atoms with Crippen LogP contribution in [0, 0.1) is 10.1 Å². The molecule has 9 N–H and O–H groups in total. The second-order valence-corrected chi connectivity index (χ2v) is 5.01. The molecule has 0 atom stereocenters. The zero-order chi connectivity index (χ0) is 19.4. The van der Waals surface area contributed by atoms with Gasteiger partial charge in [-0.25, -0.2) is 9.88 Å². The maximum absolute atomic E-state index is 10.9. The number of nitrogens with zero attached hydrogens (tertiary/aromatic N) is 3. The summed E-state index contributed by atoms with van der Waals surface area (Å²) >= 11 is 0. The van der Waals surface area contributed by atoms with Gasteiger partial charge in [0.25, 0.3) is 5.69 Å². The van der Waals surface area contributed by atoms with Crippen LogP contribution >= 0.6 is 0 Å². The van der Waals surface area contributed by atoms with Crippen LogP contribution in [0.15, 0.2) is 12.1 Å². The van der Waals surface area contributed by atoms with Crippen molar-refractivity contribution in [2.75, 3.05) is 4.90 Å². The van der Waals surface area contributed by atoms with Crippen LogP contribution in [-0.4, -0.2) is 79.6 Å². The van der Waals surface area contributed by atoms with Crippen molar-refractivity contribution >= 4 is 11.5 Å². The third-order valence-electron chi connectivity index (χ3n) is 3.23. The molecule has 0 unspecified atom stereocenters. The Bertz CT molecular complexity index is 676. The van der Waals surface area contributed by atoms with Gasteiger partial charge in [-0.1, -0.05) is 0 Å². The lowest BCUT2D eigenvalue weighted by Gasteiger charge is -2.55. The monoisotopic (exact) mass is 367 g/mol. The molecule has 0 radical (unpaired) electrons. The highest BCUT2D eigenvalue weighted by Gasteiger charge is 2.75. The van der Waals surface area contributed by atoms with Crippen molar-refractivity contribution in [3.05, 3.63) is 27.9 Å². The van der Waals surface area contributed by atoms with Gasteiger partial charge in [-0.05, 0) is 0 Å². The average molecular weight is 367 g/mol. The number of hydrogen-bond donors (Lipinski definition) is 9. The number of aromatic nitrogens is 1. The molecular weight excluding hydrogens is 354 g/mol. The molecule has 0 bridgehead atoms. The lowest BCUT2D eigenvalue weighted by molar-refractivity contribution is -0.606. The molecule has 2 heterocycles. The Labute approximate surface area is 136 Å². The summed E-state index contributed by atoms with van der Waals surface area (Å²) in [6.45, 7) is -0.931. The first kappa shape index (κ1) is 19.3. The van der Waals surface area contributed by atoms with Gasteiger partial charge in [0, 0.05) is 6.07 Å². The fourth-order valence-electron chi connectivity index (χ4n) is 2.02. The maximum Gasteiger partial charge on any atom is 0.362 e. The summed E-state index contributed by atoms with van der Waals surface area (Å²) in [5.41, 5.74) is -1.35. The predicted octanol–water partition coefficient (Wildman–Crippen LogP) is -5.13. The van der Waals surface area contributed by atoms with Gasteiger partial charge in [0.2, 0.25) is 0 Å². The number of aliphatic hydroxyl groups is 9. The number of anilines is 1. The van der Waals surface area contributed by atoms with Crippen LogP contribution in [0.4, 0.5) is 11.5 Å². The Hall–Kier alpha value is -2.05. The fraction of sp³-hybridized carbons (Fsp3) is 0.500. The Balaban J connectivity index is 2.76. The van der Waals surface area contributed by atoms with Gasteiger partial charge in [-0.2, -0.15) is 0 Å². The Morgan fingerprint density at radius 1 is 1.04 bits per heavy atom. The summed E-state index contributed by atoms with van der Waals surface area (Å²) in [7, 11) is 0. The zero-order valence-corrected chi connectivity index (χ0v) is 12.0. The van der Waals surface area contributed by atoms with Gasteiger partial charge < -0.3 is 46.0 Å². The first-order valence-corrected chi connectivity index (χ1v) is 6.23. The largest absolute Gasteiger partial charge is 0.390 e. The number of hydrogen-bond acceptors (Lipinski definition) is 14. The normalized spacial score (nSPS) is 23.3. The van der Waals surface area contributed by atoms with Crippen LogP contribution in [0.5, 0.6) is 0 Å². The summed E-state index contributed by atoms with van der Waals surface area (Å²) in [6.07, 6.45) is 0. The molecule has 0 saturated carbocycles. The van der Waals surface area contributed by atoms with E-state index in [1.54, 1.807) is 0 Å². The SMILES string of the molecule is O=[N+]([O-])c1cc(CO)nc(N2C(O)(O)C(O)(O)OC(O)(O)C2(O)O)c1. The number of rotatable bonds is 3. The Morgan fingerprint density at radius 3 is 1.92 bits per heavy atom. The molecular formula is C10H13N3O12. The van der Waals surface area contributed by atoms with Crippen molar-refractivity contribution in [3.8, 4) is 0 Å². The molecule has 25 heavy (non-hydrogen) atoms. The molecule has 140 valence electrons. The Kier molecular flexibility index (Phi) is 4.22. The third kappa shape index (κ3) is 2.79. The minimum atomic E-state index is -4.24. The standard InChI is InChI=1S/C10H13N3O12/c14-3-4-1-5(13(23)24)2-6(11-4)12-7(15,16)9(19,20)25-10(21,22)8(12,17)18/h1-2,14-22H,3H2. The lowest BCUT2D eigenvalue weighted by Crippen LogP contribution is -2.84. The van der Waals surface area contributed by atoms with E-state index >= 15 is 0 Å². The van der Waals surface area contributed by atoms with E-state index in [2.05, 4.69) is 9.72 Å². The molecule has 2 rings (SSSR count). The summed E-state index contributed by atoms with van der Waals surface area (Å²) in [5, 5.41) is 97.0. The highest BCUT2D eigenvalue weighted by atomic mass is 16.9. The van der Waals surface area contributed by atoms with E-state index < -0.39 is 57.4 Å². The highest BCUT2D eigenvalue weighted by Crippen LogP contribution is 2.44. The van der Waals surface area contributed by atoms with Crippen LogP contribution < -0.4 is 4.90 Å². The number of morpholine rings is 1. The third-order valence-corrected chi connectivity index (χ3v) is 3.23. The van der Waals surface area contributed by atoms with Gasteiger partial charge in [0.1, 0.15) is 5.82 Å². The second kappa shape index (κ2) is 5.47. The molecule has 0 amide bonds. The molecule has 15 heteroatoms. The number of pyridine rings is 1. The Morgan fingerprint density at radius 2 is 1.52 bits per heavy atom. The van der Waals surface area contributed by atoms with Gasteiger partial charge in [-0.15, -0.1) is 0 Å². The molecule has 1 saturated heterocycles. The average Bonchev–Trinajstić information content (AvgIpc) is 2.43. The van der Waals surface area contributed by atoms with Gasteiger partial charge >= 0.3 is 23.8 Å². The van der Waals surface area contributed by atoms with Gasteiger partial charge in [0.15, 0.2) is 0 Å². The molecule has 1 aromatic heterocycles. The molecule has 1 aliphatic rings. The van der Waals surface area contributed by atoms with E-state index in [4.69, 9.17) is 5.11 Å². The van der Waals surface area contributed by atoms with E-state index in [-0.39, 0.29) is 0 Å². The van der Waals surface area contributed by atoms with Crippen molar-refractivity contribution < 1.29 is 55.6 Å². The number of aliphatic hydroxyl groups excluding tert-OH is 1. The van der Waals surface area contributed by atoms with Crippen LogP contribution in [0.25, 0.3) is 0 Å². The fourth-order valence-corrected chi connectivity index (χ4v) is 2.02. The van der Waals surface area contributed by atoms with E-state index in [0.717, 1.165) is 6.07 Å². The van der Waals surface area contributed by atoms with Crippen LogP contribution in [0.1, 0.15) is 5.69 Å². The number of ether oxygens (including phenoxy) is 1. The van der Waals surface area contributed by atoms with Gasteiger partial charge in [-0.3, -0.25) is 14.9 Å². The smallest absolute Gasteiger partial charge is 0.362 e. The lowest BCUT2D eigenvalue weighted by atomic mass is 10.1. The minimum absolute atomic E-state index is 0.388. The van der Waals surface area contributed by atoms with Crippen molar-refractivity contribution in [2.24, 2.45) is 0 Å². The highest BCUT2D eigenvalue weighted by molar-refractivity contribution is 5.51. The molecule has 1 fully saturated rings. The maximum atomic E-state index is 10.9. The van der Waals surface area contributed by atoms with E-state index in [0.29, 0.717) is 6.07 Å². The molecule has 1 aliphatic heterocycles. The van der Waals surface area contributed by atoms with E-state index in [1.165, 1.54) is 0 Å². The molecule has 1 aromatic rings. The van der Waals surface area contributed by atoms with E-state index in [1.807, 2.05) is 0 Å². The van der Waals surface area contributed by atoms with Crippen molar-refractivity contribution in [3.63, 3.8) is 0 Å². The van der Waals surface area contributed by atoms with Crippen LogP contribution in [0.2, 0.25) is 0 Å². The summed E-state index contributed by atoms with van der Waals surface area (Å²) in [4.78, 5) is 12.6. The molecule has 15 nitrogen and oxygen atoms in total. The van der Waals surface area contributed by atoms with Crippen molar-refractivity contribution in [1.82, 2.24) is 4.98 Å². The quantitative estimate of drug-likeness (QED) is 0.138. The molecule has 0 spiro atoms. The number of nitro groups is 1. The topological polar surface area (TPSA) is 251 Å². The van der Waals surface area contributed by atoms with Crippen LogP contribution in [-0.2, 0) is 11.3 Å². The first-order chi connectivity index (χ1) is 11.2. The van der Waals surface area contributed by atoms with Crippen molar-refractivity contribution in [2.45, 2.75) is 30.4 Å². The summed E-state index contributed by atoms with van der Waals surface area (Å²) in [5.74, 6) is -18.1. The van der Waals surface area contributed by atoms with Crippen molar-refractivity contribution in [1.29, 1.82) is 0 Å². The van der Waals surface area contributed by atoms with Gasteiger partial charge in [0.05, 0.1) is 23.3 Å². The first-order valence-electron chi connectivity index (χ1n) is 6.23. The summed E-state index contributed by atoms with van der Waals surface area (Å²) < 4.78 is 3.65. The van der Waals surface area contributed by atoms with E-state index in [9.17, 15) is 51.0 Å². The predicted molar refractivity (Wildman–Crippen MR) is 69.1 cm³/mol.